The van der Waals surface area contributed by atoms with E-state index in [-0.39, 0.29) is 16.7 Å². The molecule has 2 aromatic rings. The van der Waals surface area contributed by atoms with Gasteiger partial charge in [-0.25, -0.2) is 8.42 Å². The number of sulfonamides is 1. The number of carbonyl (C=O) groups excluding carboxylic acids is 2. The highest BCUT2D eigenvalue weighted by atomic mass is 32.2. The van der Waals surface area contributed by atoms with Gasteiger partial charge in [0.2, 0.25) is 5.91 Å². The molecular weight excluding hydrogens is 342 g/mol. The first-order valence-electron chi connectivity index (χ1n) is 7.67. The van der Waals surface area contributed by atoms with Gasteiger partial charge in [0, 0.05) is 30.4 Å². The molecule has 0 aliphatic carbocycles. The first kappa shape index (κ1) is 17.0. The van der Waals surface area contributed by atoms with Crippen LogP contribution in [-0.4, -0.2) is 27.3 Å². The van der Waals surface area contributed by atoms with Gasteiger partial charge in [-0.1, -0.05) is 0 Å². The first-order valence-corrected chi connectivity index (χ1v) is 9.15. The molecule has 3 rings (SSSR count). The van der Waals surface area contributed by atoms with E-state index in [1.807, 2.05) is 0 Å². The normalized spacial score (nSPS) is 13.6. The molecule has 7 nitrogen and oxygen atoms in total. The maximum atomic E-state index is 12.5. The van der Waals surface area contributed by atoms with Crippen molar-refractivity contribution in [1.29, 1.82) is 0 Å². The van der Waals surface area contributed by atoms with Gasteiger partial charge in [0.25, 0.3) is 15.9 Å². The molecule has 0 aromatic heterocycles. The molecule has 25 heavy (non-hydrogen) atoms. The second-order valence-electron chi connectivity index (χ2n) is 5.63. The second kappa shape index (κ2) is 6.56. The molecule has 1 aliphatic heterocycles. The number of hydrogen-bond donors (Lipinski definition) is 3. The van der Waals surface area contributed by atoms with Gasteiger partial charge < -0.3 is 10.6 Å². The second-order valence-corrected chi connectivity index (χ2v) is 7.31. The minimum Gasteiger partial charge on any atom is -0.355 e. The van der Waals surface area contributed by atoms with E-state index in [1.54, 1.807) is 24.3 Å². The zero-order valence-electron chi connectivity index (χ0n) is 13.5. The van der Waals surface area contributed by atoms with Gasteiger partial charge in [-0.05, 0) is 54.4 Å². The van der Waals surface area contributed by atoms with Crippen LogP contribution < -0.4 is 15.4 Å². The fourth-order valence-corrected chi connectivity index (χ4v) is 3.68. The monoisotopic (exact) mass is 359 g/mol. The van der Waals surface area contributed by atoms with Crippen molar-refractivity contribution in [1.82, 2.24) is 5.32 Å². The number of fused-ring (bicyclic) bond motifs is 1. The number of nitrogens with one attached hydrogen (secondary N) is 3. The maximum Gasteiger partial charge on any atom is 0.261 e. The van der Waals surface area contributed by atoms with Gasteiger partial charge in [-0.3, -0.25) is 14.3 Å². The van der Waals surface area contributed by atoms with Crippen LogP contribution in [0.25, 0.3) is 0 Å². The van der Waals surface area contributed by atoms with Crippen LogP contribution in [0, 0.1) is 0 Å². The van der Waals surface area contributed by atoms with E-state index in [4.69, 9.17) is 0 Å². The summed E-state index contributed by atoms with van der Waals surface area (Å²) < 4.78 is 27.6. The Morgan fingerprint density at radius 1 is 1.08 bits per heavy atom. The van der Waals surface area contributed by atoms with Crippen molar-refractivity contribution in [3.05, 3.63) is 53.6 Å². The number of carbonyl (C=O) groups is 2. The number of hydrogen-bond acceptors (Lipinski definition) is 4. The molecule has 1 aliphatic rings. The third kappa shape index (κ3) is 3.63. The highest BCUT2D eigenvalue weighted by molar-refractivity contribution is 7.92. The molecule has 0 fully saturated rings. The summed E-state index contributed by atoms with van der Waals surface area (Å²) in [7, 11) is -2.24. The van der Waals surface area contributed by atoms with Crippen LogP contribution >= 0.6 is 0 Å². The van der Waals surface area contributed by atoms with E-state index < -0.39 is 10.0 Å². The summed E-state index contributed by atoms with van der Waals surface area (Å²) in [6.45, 7) is 0. The summed E-state index contributed by atoms with van der Waals surface area (Å²) in [6, 6.07) is 10.7. The predicted octanol–water partition coefficient (Wildman–Crippen LogP) is 1.73. The van der Waals surface area contributed by atoms with E-state index in [0.29, 0.717) is 29.8 Å². The Labute approximate surface area is 145 Å². The molecule has 130 valence electrons. The Kier molecular flexibility index (Phi) is 4.45. The molecular formula is C17H17N3O4S. The third-order valence-corrected chi connectivity index (χ3v) is 5.29. The Bertz CT molecular complexity index is 937. The zero-order chi connectivity index (χ0) is 18.0. The van der Waals surface area contributed by atoms with E-state index in [0.717, 1.165) is 5.56 Å². The van der Waals surface area contributed by atoms with Gasteiger partial charge >= 0.3 is 0 Å². The molecule has 0 spiro atoms. The van der Waals surface area contributed by atoms with E-state index in [2.05, 4.69) is 15.4 Å². The lowest BCUT2D eigenvalue weighted by Crippen LogP contribution is -2.20. The Balaban J connectivity index is 1.82. The largest absolute Gasteiger partial charge is 0.355 e. The molecule has 1 heterocycles. The molecule has 3 N–H and O–H groups in total. The minimum atomic E-state index is -3.76. The Morgan fingerprint density at radius 2 is 1.80 bits per heavy atom. The fraction of sp³-hybridized carbons (Fsp3) is 0.176. The van der Waals surface area contributed by atoms with Crippen LogP contribution in [0.5, 0.6) is 0 Å². The number of anilines is 2. The average molecular weight is 359 g/mol. The zero-order valence-corrected chi connectivity index (χ0v) is 14.3. The lowest BCUT2D eigenvalue weighted by molar-refractivity contribution is -0.116. The number of rotatable bonds is 4. The Hall–Kier alpha value is -2.87. The molecule has 0 atom stereocenters. The van der Waals surface area contributed by atoms with E-state index in [1.165, 1.54) is 25.2 Å². The quantitative estimate of drug-likeness (QED) is 0.773. The smallest absolute Gasteiger partial charge is 0.261 e. The van der Waals surface area contributed by atoms with Gasteiger partial charge in [-0.15, -0.1) is 0 Å². The van der Waals surface area contributed by atoms with Gasteiger partial charge in [0.05, 0.1) is 4.90 Å². The highest BCUT2D eigenvalue weighted by Gasteiger charge is 2.20. The first-order chi connectivity index (χ1) is 11.9. The minimum absolute atomic E-state index is 0.0718. The van der Waals surface area contributed by atoms with Crippen LogP contribution in [0.3, 0.4) is 0 Å². The van der Waals surface area contributed by atoms with Gasteiger partial charge in [-0.2, -0.15) is 0 Å². The SMILES string of the molecule is CNC(=O)c1ccc(NS(=O)(=O)c2ccc3c(c2)CCC(=O)N3)cc1. The van der Waals surface area contributed by atoms with Crippen LogP contribution in [0.15, 0.2) is 47.4 Å². The lowest BCUT2D eigenvalue weighted by Gasteiger charge is -2.18. The number of benzene rings is 2. The van der Waals surface area contributed by atoms with Crippen molar-refractivity contribution in [3.8, 4) is 0 Å². The van der Waals surface area contributed by atoms with Crippen LogP contribution in [0.1, 0.15) is 22.3 Å². The van der Waals surface area contributed by atoms with Crippen molar-refractivity contribution in [3.63, 3.8) is 0 Å². The summed E-state index contributed by atoms with van der Waals surface area (Å²) in [5.74, 6) is -0.316. The summed E-state index contributed by atoms with van der Waals surface area (Å²) in [5.41, 5.74) is 2.23. The number of aryl methyl sites for hydroxylation is 1. The molecule has 8 heteroatoms. The van der Waals surface area contributed by atoms with Crippen LogP contribution in [0.2, 0.25) is 0 Å². The maximum absolute atomic E-state index is 12.5. The topological polar surface area (TPSA) is 104 Å². The van der Waals surface area contributed by atoms with Crippen molar-refractivity contribution < 1.29 is 18.0 Å². The summed E-state index contributed by atoms with van der Waals surface area (Å²) in [5, 5.41) is 5.22. The molecule has 0 saturated carbocycles. The molecule has 0 bridgehead atoms. The van der Waals surface area contributed by atoms with Crippen LogP contribution in [0.4, 0.5) is 11.4 Å². The van der Waals surface area contributed by atoms with Crippen molar-refractivity contribution in [2.45, 2.75) is 17.7 Å². The summed E-state index contributed by atoms with van der Waals surface area (Å²) in [4.78, 5) is 23.0. The van der Waals surface area contributed by atoms with Crippen molar-refractivity contribution in [2.24, 2.45) is 0 Å². The molecule has 0 saturated heterocycles. The predicted molar refractivity (Wildman–Crippen MR) is 94.0 cm³/mol. The third-order valence-electron chi connectivity index (χ3n) is 3.91. The van der Waals surface area contributed by atoms with Gasteiger partial charge in [0.1, 0.15) is 0 Å². The van der Waals surface area contributed by atoms with Crippen LogP contribution in [-0.2, 0) is 21.2 Å². The van der Waals surface area contributed by atoms with E-state index in [9.17, 15) is 18.0 Å². The molecule has 0 radical (unpaired) electrons. The standard InChI is InChI=1S/C17H17N3O4S/c1-18-17(22)11-2-5-13(6-3-11)20-25(23,24)14-7-8-15-12(10-14)4-9-16(21)19-15/h2-3,5-8,10,20H,4,9H2,1H3,(H,18,22)(H,19,21). The van der Waals surface area contributed by atoms with Crippen molar-refractivity contribution >= 4 is 33.2 Å². The summed E-state index contributed by atoms with van der Waals surface area (Å²) >= 11 is 0. The highest BCUT2D eigenvalue weighted by Crippen LogP contribution is 2.26. The number of amides is 2. The summed E-state index contributed by atoms with van der Waals surface area (Å²) in [6.07, 6.45) is 0.843. The lowest BCUT2D eigenvalue weighted by atomic mass is 10.0. The Morgan fingerprint density at radius 3 is 2.48 bits per heavy atom. The van der Waals surface area contributed by atoms with E-state index >= 15 is 0 Å². The average Bonchev–Trinajstić information content (AvgIpc) is 2.60. The fourth-order valence-electron chi connectivity index (χ4n) is 2.57. The molecule has 2 aromatic carbocycles. The van der Waals surface area contributed by atoms with Crippen molar-refractivity contribution in [2.75, 3.05) is 17.1 Å². The molecule has 0 unspecified atom stereocenters. The van der Waals surface area contributed by atoms with Gasteiger partial charge in [0.15, 0.2) is 0 Å². The molecule has 2 amide bonds.